The summed E-state index contributed by atoms with van der Waals surface area (Å²) in [7, 11) is 0. The third-order valence-corrected chi connectivity index (χ3v) is 3.72. The molecule has 112 valence electrons. The Kier molecular flexibility index (Phi) is 6.27. The first-order valence-electron chi connectivity index (χ1n) is 7.85. The van der Waals surface area contributed by atoms with Crippen LogP contribution in [0, 0.1) is 0 Å². The van der Waals surface area contributed by atoms with E-state index in [1.165, 1.54) is 18.4 Å². The highest BCUT2D eigenvalue weighted by molar-refractivity contribution is 5.39. The zero-order chi connectivity index (χ0) is 14.2. The van der Waals surface area contributed by atoms with Gasteiger partial charge in [0.1, 0.15) is 5.82 Å². The van der Waals surface area contributed by atoms with E-state index in [9.17, 15) is 0 Å². The minimum absolute atomic E-state index is 0.377. The fourth-order valence-electron chi connectivity index (χ4n) is 2.54. The molecule has 0 amide bonds. The number of nitrogens with one attached hydrogen (secondary N) is 1. The van der Waals surface area contributed by atoms with Crippen molar-refractivity contribution in [3.05, 3.63) is 23.9 Å². The van der Waals surface area contributed by atoms with Gasteiger partial charge in [0, 0.05) is 32.4 Å². The molecule has 0 aliphatic carbocycles. The number of hydrogen-bond acceptors (Lipinski definition) is 4. The second-order valence-electron chi connectivity index (χ2n) is 5.38. The van der Waals surface area contributed by atoms with E-state index in [4.69, 9.17) is 4.74 Å². The lowest BCUT2D eigenvalue weighted by atomic mass is 10.2. The summed E-state index contributed by atoms with van der Waals surface area (Å²) in [4.78, 5) is 6.91. The maximum absolute atomic E-state index is 5.72. The van der Waals surface area contributed by atoms with Crippen LogP contribution in [0.5, 0.6) is 0 Å². The van der Waals surface area contributed by atoms with Crippen LogP contribution in [0.15, 0.2) is 18.3 Å². The van der Waals surface area contributed by atoms with E-state index in [1.54, 1.807) is 0 Å². The molecule has 0 aromatic carbocycles. The minimum Gasteiger partial charge on any atom is -0.376 e. The second-order valence-corrected chi connectivity index (χ2v) is 5.38. The van der Waals surface area contributed by atoms with Gasteiger partial charge < -0.3 is 15.0 Å². The van der Waals surface area contributed by atoms with Gasteiger partial charge in [-0.2, -0.15) is 0 Å². The molecule has 0 bridgehead atoms. The molecular weight excluding hydrogens is 250 g/mol. The summed E-state index contributed by atoms with van der Waals surface area (Å²) in [5, 5.41) is 3.40. The highest BCUT2D eigenvalue weighted by Crippen LogP contribution is 2.17. The van der Waals surface area contributed by atoms with Crippen molar-refractivity contribution in [2.75, 3.05) is 31.1 Å². The number of likely N-dealkylation sites (N-methyl/N-ethyl adjacent to an activating group) is 1. The Morgan fingerprint density at radius 1 is 1.40 bits per heavy atom. The summed E-state index contributed by atoms with van der Waals surface area (Å²) in [6, 6.07) is 4.30. The summed E-state index contributed by atoms with van der Waals surface area (Å²) in [6.07, 6.45) is 5.89. The average Bonchev–Trinajstić information content (AvgIpc) is 2.99. The summed E-state index contributed by atoms with van der Waals surface area (Å²) >= 11 is 0. The predicted octanol–water partition coefficient (Wildman–Crippen LogP) is 2.59. The predicted molar refractivity (Wildman–Crippen MR) is 83.1 cm³/mol. The van der Waals surface area contributed by atoms with Gasteiger partial charge in [-0.15, -0.1) is 0 Å². The second kappa shape index (κ2) is 8.22. The minimum atomic E-state index is 0.377. The van der Waals surface area contributed by atoms with E-state index < -0.39 is 0 Å². The van der Waals surface area contributed by atoms with Gasteiger partial charge in [0.05, 0.1) is 6.10 Å². The van der Waals surface area contributed by atoms with Gasteiger partial charge >= 0.3 is 0 Å². The van der Waals surface area contributed by atoms with E-state index in [0.29, 0.717) is 6.10 Å². The molecule has 20 heavy (non-hydrogen) atoms. The lowest BCUT2D eigenvalue weighted by Gasteiger charge is -2.25. The van der Waals surface area contributed by atoms with Crippen molar-refractivity contribution in [1.82, 2.24) is 10.3 Å². The zero-order valence-corrected chi connectivity index (χ0v) is 12.8. The molecule has 1 atom stereocenters. The molecule has 0 spiro atoms. The molecule has 1 fully saturated rings. The monoisotopic (exact) mass is 277 g/mol. The van der Waals surface area contributed by atoms with Crippen LogP contribution in [0.3, 0.4) is 0 Å². The Bertz CT molecular complexity index is 374. The van der Waals surface area contributed by atoms with E-state index >= 15 is 0 Å². The Labute approximate surface area is 122 Å². The fraction of sp³-hybridized carbons (Fsp3) is 0.688. The van der Waals surface area contributed by atoms with Crippen molar-refractivity contribution in [3.8, 4) is 0 Å². The van der Waals surface area contributed by atoms with Crippen molar-refractivity contribution in [2.24, 2.45) is 0 Å². The smallest absolute Gasteiger partial charge is 0.128 e. The van der Waals surface area contributed by atoms with Crippen LogP contribution in [0.1, 0.15) is 38.7 Å². The van der Waals surface area contributed by atoms with Crippen LogP contribution in [-0.2, 0) is 11.3 Å². The number of aromatic nitrogens is 1. The third kappa shape index (κ3) is 4.46. The molecule has 1 aliphatic heterocycles. The van der Waals surface area contributed by atoms with Gasteiger partial charge in [0.2, 0.25) is 0 Å². The van der Waals surface area contributed by atoms with Crippen molar-refractivity contribution in [3.63, 3.8) is 0 Å². The lowest BCUT2D eigenvalue weighted by molar-refractivity contribution is 0.115. The quantitative estimate of drug-likeness (QED) is 0.741. The average molecular weight is 277 g/mol. The van der Waals surface area contributed by atoms with Gasteiger partial charge in [0.25, 0.3) is 0 Å². The molecule has 1 aromatic heterocycles. The Hall–Kier alpha value is -1.13. The maximum atomic E-state index is 5.72. The summed E-state index contributed by atoms with van der Waals surface area (Å²) in [5.41, 5.74) is 1.25. The van der Waals surface area contributed by atoms with Crippen LogP contribution in [-0.4, -0.2) is 37.3 Å². The molecule has 1 aliphatic rings. The molecule has 1 saturated heterocycles. The largest absolute Gasteiger partial charge is 0.376 e. The first-order chi connectivity index (χ1) is 9.83. The van der Waals surface area contributed by atoms with Gasteiger partial charge in [-0.05, 0) is 44.4 Å². The van der Waals surface area contributed by atoms with Crippen molar-refractivity contribution >= 4 is 5.82 Å². The zero-order valence-electron chi connectivity index (χ0n) is 12.8. The van der Waals surface area contributed by atoms with Gasteiger partial charge in [-0.1, -0.05) is 13.0 Å². The normalized spacial score (nSPS) is 18.4. The first kappa shape index (κ1) is 15.3. The number of pyridine rings is 1. The number of ether oxygens (including phenoxy) is 1. The van der Waals surface area contributed by atoms with Crippen LogP contribution in [0.4, 0.5) is 5.82 Å². The molecule has 2 heterocycles. The van der Waals surface area contributed by atoms with E-state index in [0.717, 1.165) is 45.0 Å². The topological polar surface area (TPSA) is 37.4 Å². The summed E-state index contributed by atoms with van der Waals surface area (Å²) < 4.78 is 5.72. The highest BCUT2D eigenvalue weighted by Gasteiger charge is 2.19. The lowest BCUT2D eigenvalue weighted by Crippen LogP contribution is -2.32. The standard InChI is InChI=1S/C16H27N3O/c1-3-9-17-11-14-7-8-16(18-12-14)19(4-2)13-15-6-5-10-20-15/h7-8,12,15,17H,3-6,9-11,13H2,1-2H3. The van der Waals surface area contributed by atoms with Gasteiger partial charge in [0.15, 0.2) is 0 Å². The molecule has 1 aromatic rings. The molecule has 4 heteroatoms. The van der Waals surface area contributed by atoms with E-state index in [1.807, 2.05) is 6.20 Å². The Balaban J connectivity index is 1.88. The highest BCUT2D eigenvalue weighted by atomic mass is 16.5. The van der Waals surface area contributed by atoms with E-state index in [2.05, 4.69) is 41.2 Å². The molecule has 2 rings (SSSR count). The number of nitrogens with zero attached hydrogens (tertiary/aromatic N) is 2. The molecule has 0 radical (unpaired) electrons. The molecule has 1 N–H and O–H groups in total. The van der Waals surface area contributed by atoms with Crippen LogP contribution >= 0.6 is 0 Å². The Morgan fingerprint density at radius 2 is 2.30 bits per heavy atom. The molecule has 4 nitrogen and oxygen atoms in total. The van der Waals surface area contributed by atoms with Crippen LogP contribution in [0.25, 0.3) is 0 Å². The molecular formula is C16H27N3O. The number of rotatable bonds is 8. The Morgan fingerprint density at radius 3 is 2.90 bits per heavy atom. The summed E-state index contributed by atoms with van der Waals surface area (Å²) in [6.45, 7) is 9.15. The van der Waals surface area contributed by atoms with Crippen LogP contribution < -0.4 is 10.2 Å². The molecule has 0 saturated carbocycles. The van der Waals surface area contributed by atoms with Crippen LogP contribution in [0.2, 0.25) is 0 Å². The SMILES string of the molecule is CCCNCc1ccc(N(CC)CC2CCCO2)nc1. The molecule has 1 unspecified atom stereocenters. The number of anilines is 1. The van der Waals surface area contributed by atoms with Crippen molar-refractivity contribution < 1.29 is 4.74 Å². The maximum Gasteiger partial charge on any atom is 0.128 e. The first-order valence-corrected chi connectivity index (χ1v) is 7.85. The van der Waals surface area contributed by atoms with E-state index in [-0.39, 0.29) is 0 Å². The number of hydrogen-bond donors (Lipinski definition) is 1. The van der Waals surface area contributed by atoms with Gasteiger partial charge in [-0.25, -0.2) is 4.98 Å². The fourth-order valence-corrected chi connectivity index (χ4v) is 2.54. The third-order valence-electron chi connectivity index (χ3n) is 3.72. The summed E-state index contributed by atoms with van der Waals surface area (Å²) in [5.74, 6) is 1.06. The van der Waals surface area contributed by atoms with Gasteiger partial charge in [-0.3, -0.25) is 0 Å². The van der Waals surface area contributed by atoms with Crippen molar-refractivity contribution in [1.29, 1.82) is 0 Å². The van der Waals surface area contributed by atoms with Crippen molar-refractivity contribution in [2.45, 2.75) is 45.8 Å².